The summed E-state index contributed by atoms with van der Waals surface area (Å²) in [7, 11) is -5.13. The van der Waals surface area contributed by atoms with Crippen LogP contribution in [0.2, 0.25) is 0 Å². The van der Waals surface area contributed by atoms with Crippen molar-refractivity contribution in [3.8, 4) is 0 Å². The molecule has 0 spiro atoms. The molecule has 1 N–H and O–H groups in total. The van der Waals surface area contributed by atoms with Crippen molar-refractivity contribution >= 4 is 22.1 Å². The molecular formula is C7H8Na2O7S. The van der Waals surface area contributed by atoms with Crippen molar-refractivity contribution in [1.82, 2.24) is 0 Å². The van der Waals surface area contributed by atoms with E-state index in [1.165, 1.54) is 6.92 Å². The first-order chi connectivity index (χ1) is 6.71. The maximum absolute atomic E-state index is 10.6. The average Bonchev–Trinajstić information content (AvgIpc) is 1.99. The van der Waals surface area contributed by atoms with Crippen LogP contribution in [0.4, 0.5) is 0 Å². The van der Waals surface area contributed by atoms with Crippen molar-refractivity contribution in [2.45, 2.75) is 19.8 Å². The van der Waals surface area contributed by atoms with Crippen molar-refractivity contribution in [1.29, 1.82) is 0 Å². The van der Waals surface area contributed by atoms with Gasteiger partial charge in [0.1, 0.15) is 4.91 Å². The van der Waals surface area contributed by atoms with Crippen LogP contribution in [-0.4, -0.2) is 24.9 Å². The van der Waals surface area contributed by atoms with E-state index in [-0.39, 0.29) is 72.0 Å². The number of carbonyl (C=O) groups excluding carboxylic acids is 2. The molecular weight excluding hydrogens is 274 g/mol. The van der Waals surface area contributed by atoms with Crippen LogP contribution in [-0.2, 0) is 19.7 Å². The van der Waals surface area contributed by atoms with E-state index in [0.717, 1.165) is 0 Å². The van der Waals surface area contributed by atoms with E-state index in [4.69, 9.17) is 4.55 Å². The molecule has 0 bridgehead atoms. The van der Waals surface area contributed by atoms with E-state index in [2.05, 4.69) is 0 Å². The molecule has 0 aromatic heterocycles. The van der Waals surface area contributed by atoms with Gasteiger partial charge in [0.05, 0.1) is 11.9 Å². The van der Waals surface area contributed by atoms with Gasteiger partial charge in [0.25, 0.3) is 10.1 Å². The Bertz CT molecular complexity index is 412. The van der Waals surface area contributed by atoms with Gasteiger partial charge < -0.3 is 19.8 Å². The molecule has 0 atom stereocenters. The number of aliphatic carboxylic acids is 2. The second-order valence-electron chi connectivity index (χ2n) is 2.61. The Kier molecular flexibility index (Phi) is 12.7. The fourth-order valence-corrected chi connectivity index (χ4v) is 1.65. The number of carboxylic acid groups (broad SMARTS) is 2. The Morgan fingerprint density at radius 3 is 1.71 bits per heavy atom. The van der Waals surface area contributed by atoms with Gasteiger partial charge in [-0.2, -0.15) is 8.42 Å². The van der Waals surface area contributed by atoms with E-state index < -0.39 is 32.5 Å². The summed E-state index contributed by atoms with van der Waals surface area (Å²) >= 11 is 0. The minimum absolute atomic E-state index is 0. The molecule has 10 heteroatoms. The number of carboxylic acids is 2. The van der Waals surface area contributed by atoms with Crippen molar-refractivity contribution < 1.29 is 91.9 Å². The Morgan fingerprint density at radius 1 is 1.12 bits per heavy atom. The van der Waals surface area contributed by atoms with Gasteiger partial charge in [0.15, 0.2) is 0 Å². The fourth-order valence-electron chi connectivity index (χ4n) is 0.942. The number of hydrogen-bond donors (Lipinski definition) is 1. The molecule has 0 aliphatic rings. The van der Waals surface area contributed by atoms with Gasteiger partial charge in [-0.05, 0) is 12.0 Å². The molecule has 0 saturated heterocycles. The third-order valence-corrected chi connectivity index (χ3v) is 2.39. The van der Waals surface area contributed by atoms with E-state index in [0.29, 0.717) is 0 Å². The van der Waals surface area contributed by atoms with Crippen LogP contribution in [0.3, 0.4) is 0 Å². The maximum Gasteiger partial charge on any atom is 1.00 e. The summed E-state index contributed by atoms with van der Waals surface area (Å²) in [5.74, 6) is -4.24. The monoisotopic (exact) mass is 282 g/mol. The van der Waals surface area contributed by atoms with Crippen LogP contribution in [0, 0.1) is 0 Å². The third-order valence-electron chi connectivity index (χ3n) is 1.46. The Labute approximate surface area is 143 Å². The molecule has 0 fully saturated rings. The van der Waals surface area contributed by atoms with Crippen molar-refractivity contribution in [2.24, 2.45) is 0 Å². The zero-order valence-corrected chi connectivity index (χ0v) is 14.5. The van der Waals surface area contributed by atoms with Crippen molar-refractivity contribution in [3.05, 3.63) is 10.5 Å². The summed E-state index contributed by atoms with van der Waals surface area (Å²) in [5, 5.41) is 20.8. The molecule has 0 aromatic carbocycles. The molecule has 0 aliphatic heterocycles. The molecule has 0 radical (unpaired) electrons. The summed E-state index contributed by atoms with van der Waals surface area (Å²) in [4.78, 5) is 19.2. The van der Waals surface area contributed by atoms with Gasteiger partial charge in [0, 0.05) is 0 Å². The van der Waals surface area contributed by atoms with Crippen LogP contribution >= 0.6 is 0 Å². The number of hydrogen-bond acceptors (Lipinski definition) is 6. The van der Waals surface area contributed by atoms with Crippen LogP contribution in [0.1, 0.15) is 19.8 Å². The molecule has 7 nitrogen and oxygen atoms in total. The minimum Gasteiger partial charge on any atom is -0.545 e. The van der Waals surface area contributed by atoms with Crippen LogP contribution in [0.5, 0.6) is 0 Å². The second kappa shape index (κ2) is 9.51. The van der Waals surface area contributed by atoms with Crippen LogP contribution in [0.25, 0.3) is 0 Å². The third kappa shape index (κ3) is 7.58. The molecule has 0 rings (SSSR count). The molecule has 86 valence electrons. The molecule has 0 aliphatic carbocycles. The van der Waals surface area contributed by atoms with Crippen molar-refractivity contribution in [2.75, 3.05) is 0 Å². The first kappa shape index (κ1) is 22.7. The Morgan fingerprint density at radius 2 is 1.53 bits per heavy atom. The predicted octanol–water partition coefficient (Wildman–Crippen LogP) is -8.56. The summed E-state index contributed by atoms with van der Waals surface area (Å²) in [5.41, 5.74) is -1.00. The number of carbonyl (C=O) groups is 2. The van der Waals surface area contributed by atoms with E-state index in [1.807, 2.05) is 0 Å². The smallest absolute Gasteiger partial charge is 0.545 e. The number of rotatable bonds is 5. The normalized spacial score (nSPS) is 11.6. The Balaban J connectivity index is -0.000000980. The van der Waals surface area contributed by atoms with E-state index in [9.17, 15) is 28.2 Å². The predicted molar refractivity (Wildman–Crippen MR) is 43.5 cm³/mol. The summed E-state index contributed by atoms with van der Waals surface area (Å²) in [6.45, 7) is 1.50. The average molecular weight is 282 g/mol. The zero-order valence-electron chi connectivity index (χ0n) is 9.72. The first-order valence-electron chi connectivity index (χ1n) is 3.85. The summed E-state index contributed by atoms with van der Waals surface area (Å²) in [6, 6.07) is 0. The van der Waals surface area contributed by atoms with Crippen LogP contribution < -0.4 is 69.3 Å². The summed E-state index contributed by atoms with van der Waals surface area (Å²) in [6.07, 6.45) is -0.180. The van der Waals surface area contributed by atoms with Gasteiger partial charge in [-0.15, -0.1) is 0 Å². The van der Waals surface area contributed by atoms with Gasteiger partial charge in [-0.1, -0.05) is 13.3 Å². The van der Waals surface area contributed by atoms with Crippen molar-refractivity contribution in [3.63, 3.8) is 0 Å². The van der Waals surface area contributed by atoms with E-state index in [1.54, 1.807) is 0 Å². The maximum atomic E-state index is 10.6. The largest absolute Gasteiger partial charge is 1.00 e. The molecule has 0 amide bonds. The van der Waals surface area contributed by atoms with Gasteiger partial charge in [-0.25, -0.2) is 0 Å². The fraction of sp³-hybridized carbons (Fsp3) is 0.429. The quantitative estimate of drug-likeness (QED) is 0.300. The second-order valence-corrected chi connectivity index (χ2v) is 3.97. The topological polar surface area (TPSA) is 135 Å². The molecule has 0 saturated carbocycles. The van der Waals surface area contributed by atoms with Gasteiger partial charge in [0.2, 0.25) is 0 Å². The van der Waals surface area contributed by atoms with Gasteiger partial charge >= 0.3 is 59.1 Å². The minimum atomic E-state index is -5.13. The molecule has 0 heterocycles. The van der Waals surface area contributed by atoms with Gasteiger partial charge in [-0.3, -0.25) is 4.55 Å². The molecule has 0 aromatic rings. The standard InChI is InChI=1S/C7H10O7S.2Na/c1-2-3-4(6(8)9)5(7(10)11)15(12,13)14;;/h2-3H2,1H3,(H,8,9)(H,10,11)(H,12,13,14);;/q;2*+1/p-2/b5-4+;;. The summed E-state index contributed by atoms with van der Waals surface area (Å²) < 4.78 is 29.7. The van der Waals surface area contributed by atoms with E-state index >= 15 is 0 Å². The molecule has 17 heavy (non-hydrogen) atoms. The SMILES string of the molecule is CCC/C(C(=O)[O-])=C(/C(=O)[O-])S(=O)(=O)O.[Na+].[Na+]. The Hall–Kier alpha value is 0.590. The van der Waals surface area contributed by atoms with Crippen LogP contribution in [0.15, 0.2) is 10.5 Å². The first-order valence-corrected chi connectivity index (χ1v) is 5.29. The zero-order chi connectivity index (χ0) is 12.2. The molecule has 0 unspecified atom stereocenters.